The zero-order chi connectivity index (χ0) is 20.6. The topological polar surface area (TPSA) is 54.4 Å². The Labute approximate surface area is 177 Å². The quantitative estimate of drug-likeness (QED) is 0.510. The Hall–Kier alpha value is -1.34. The first kappa shape index (κ1) is 22.3. The van der Waals surface area contributed by atoms with Gasteiger partial charge in [-0.25, -0.2) is 0 Å². The third-order valence-electron chi connectivity index (χ3n) is 6.68. The second-order valence-corrected chi connectivity index (χ2v) is 8.88. The number of guanidine groups is 1. The Morgan fingerprint density at radius 1 is 1.03 bits per heavy atom. The zero-order valence-electron chi connectivity index (χ0n) is 18.9. The fourth-order valence-electron chi connectivity index (χ4n) is 4.90. The molecule has 7 nitrogen and oxygen atoms in total. The van der Waals surface area contributed by atoms with E-state index in [1.165, 1.54) is 32.5 Å². The van der Waals surface area contributed by atoms with Crippen molar-refractivity contribution < 1.29 is 4.79 Å². The number of aliphatic imine (C=N–C) groups is 1. The van der Waals surface area contributed by atoms with Crippen LogP contribution in [0.15, 0.2) is 4.99 Å². The average molecular weight is 407 g/mol. The molecule has 3 heterocycles. The maximum absolute atomic E-state index is 12.7. The number of piperazine rings is 1. The van der Waals surface area contributed by atoms with Gasteiger partial charge in [0.05, 0.1) is 6.04 Å². The lowest BCUT2D eigenvalue weighted by molar-refractivity contribution is -0.135. The van der Waals surface area contributed by atoms with Crippen molar-refractivity contribution in [1.29, 1.82) is 0 Å². The van der Waals surface area contributed by atoms with Crippen molar-refractivity contribution in [3.63, 3.8) is 0 Å². The van der Waals surface area contributed by atoms with E-state index in [-0.39, 0.29) is 6.04 Å². The standard InChI is InChI=1S/C22H42N6O/c1-4-9-25-12-8-20(18-25)17-24-22(23-5-2)28-15-13-26(14-16-28)19(3)21(29)27-10-6-7-11-27/h19-20H,4-18H2,1-3H3,(H,23,24). The fraction of sp³-hybridized carbons (Fsp3) is 0.909. The van der Waals surface area contributed by atoms with E-state index in [2.05, 4.69) is 40.8 Å². The molecule has 2 unspecified atom stereocenters. The average Bonchev–Trinajstić information content (AvgIpc) is 3.43. The minimum Gasteiger partial charge on any atom is -0.357 e. The molecule has 0 aromatic heterocycles. The summed E-state index contributed by atoms with van der Waals surface area (Å²) in [7, 11) is 0. The van der Waals surface area contributed by atoms with Gasteiger partial charge in [0.2, 0.25) is 5.91 Å². The van der Waals surface area contributed by atoms with Crippen LogP contribution in [0.4, 0.5) is 0 Å². The predicted octanol–water partition coefficient (Wildman–Crippen LogP) is 1.31. The van der Waals surface area contributed by atoms with E-state index in [4.69, 9.17) is 4.99 Å². The number of likely N-dealkylation sites (tertiary alicyclic amines) is 2. The highest BCUT2D eigenvalue weighted by Crippen LogP contribution is 2.17. The van der Waals surface area contributed by atoms with Crippen molar-refractivity contribution >= 4 is 11.9 Å². The highest BCUT2D eigenvalue weighted by atomic mass is 16.2. The van der Waals surface area contributed by atoms with Crippen LogP contribution in [-0.4, -0.2) is 110 Å². The molecule has 0 bridgehead atoms. The van der Waals surface area contributed by atoms with Crippen molar-refractivity contribution in [2.45, 2.75) is 52.5 Å². The molecule has 3 aliphatic heterocycles. The van der Waals surface area contributed by atoms with Gasteiger partial charge in [-0.2, -0.15) is 0 Å². The Balaban J connectivity index is 1.48. The molecule has 0 aliphatic carbocycles. The van der Waals surface area contributed by atoms with Gasteiger partial charge < -0.3 is 20.0 Å². The number of rotatable bonds is 7. The lowest BCUT2D eigenvalue weighted by atomic mass is 10.1. The van der Waals surface area contributed by atoms with Crippen LogP contribution in [0, 0.1) is 5.92 Å². The first-order chi connectivity index (χ1) is 14.1. The second kappa shape index (κ2) is 11.2. The molecular formula is C22H42N6O. The molecule has 0 aromatic carbocycles. The van der Waals surface area contributed by atoms with Crippen LogP contribution in [0.5, 0.6) is 0 Å². The number of carbonyl (C=O) groups is 1. The molecule has 0 aromatic rings. The molecule has 0 radical (unpaired) electrons. The Morgan fingerprint density at radius 2 is 1.76 bits per heavy atom. The van der Waals surface area contributed by atoms with Crippen LogP contribution in [0.1, 0.15) is 46.5 Å². The minimum atomic E-state index is -0.00203. The van der Waals surface area contributed by atoms with Gasteiger partial charge >= 0.3 is 0 Å². The lowest BCUT2D eigenvalue weighted by Gasteiger charge is -2.39. The van der Waals surface area contributed by atoms with Crippen molar-refractivity contribution in [3.05, 3.63) is 0 Å². The number of carbonyl (C=O) groups excluding carboxylic acids is 1. The van der Waals surface area contributed by atoms with E-state index in [1.807, 2.05) is 4.90 Å². The molecule has 0 spiro atoms. The molecule has 3 aliphatic rings. The normalized spacial score (nSPS) is 25.6. The molecule has 1 amide bonds. The van der Waals surface area contributed by atoms with E-state index >= 15 is 0 Å². The van der Waals surface area contributed by atoms with E-state index < -0.39 is 0 Å². The summed E-state index contributed by atoms with van der Waals surface area (Å²) in [6.07, 6.45) is 4.83. The van der Waals surface area contributed by atoms with Gasteiger partial charge in [0.25, 0.3) is 0 Å². The summed E-state index contributed by atoms with van der Waals surface area (Å²) >= 11 is 0. The first-order valence-corrected chi connectivity index (χ1v) is 11.9. The van der Waals surface area contributed by atoms with Gasteiger partial charge in [-0.3, -0.25) is 14.7 Å². The third kappa shape index (κ3) is 6.07. The second-order valence-electron chi connectivity index (χ2n) is 8.88. The monoisotopic (exact) mass is 406 g/mol. The lowest BCUT2D eigenvalue weighted by Crippen LogP contribution is -2.57. The van der Waals surface area contributed by atoms with Crippen LogP contribution >= 0.6 is 0 Å². The van der Waals surface area contributed by atoms with Gasteiger partial charge in [-0.15, -0.1) is 0 Å². The van der Waals surface area contributed by atoms with Gasteiger partial charge in [-0.05, 0) is 58.5 Å². The SMILES string of the molecule is CCCN1CCC(CN=C(NCC)N2CCN(C(C)C(=O)N3CCCC3)CC2)C1. The van der Waals surface area contributed by atoms with Crippen molar-refractivity contribution in [3.8, 4) is 0 Å². The van der Waals surface area contributed by atoms with Crippen LogP contribution < -0.4 is 5.32 Å². The van der Waals surface area contributed by atoms with Gasteiger partial charge in [0.15, 0.2) is 5.96 Å². The number of nitrogens with zero attached hydrogens (tertiary/aromatic N) is 5. The van der Waals surface area contributed by atoms with Gasteiger partial charge in [0.1, 0.15) is 0 Å². The van der Waals surface area contributed by atoms with E-state index in [0.717, 1.165) is 71.2 Å². The predicted molar refractivity (Wildman–Crippen MR) is 119 cm³/mol. The maximum atomic E-state index is 12.7. The summed E-state index contributed by atoms with van der Waals surface area (Å²) in [6, 6.07) is -0.00203. The van der Waals surface area contributed by atoms with Crippen molar-refractivity contribution in [1.82, 2.24) is 24.9 Å². The van der Waals surface area contributed by atoms with Crippen LogP contribution in [0.3, 0.4) is 0 Å². The number of nitrogens with one attached hydrogen (secondary N) is 1. The van der Waals surface area contributed by atoms with Crippen molar-refractivity contribution in [2.24, 2.45) is 10.9 Å². The minimum absolute atomic E-state index is 0.00203. The molecule has 29 heavy (non-hydrogen) atoms. The highest BCUT2D eigenvalue weighted by Gasteiger charge is 2.30. The maximum Gasteiger partial charge on any atom is 0.239 e. The van der Waals surface area contributed by atoms with Crippen LogP contribution in [-0.2, 0) is 4.79 Å². The van der Waals surface area contributed by atoms with Crippen LogP contribution in [0.25, 0.3) is 0 Å². The Kier molecular flexibility index (Phi) is 8.60. The Morgan fingerprint density at radius 3 is 2.41 bits per heavy atom. The molecule has 7 heteroatoms. The van der Waals surface area contributed by atoms with Gasteiger partial charge in [-0.1, -0.05) is 6.92 Å². The van der Waals surface area contributed by atoms with E-state index in [9.17, 15) is 4.79 Å². The highest BCUT2D eigenvalue weighted by molar-refractivity contribution is 5.82. The molecule has 3 rings (SSSR count). The van der Waals surface area contributed by atoms with Crippen molar-refractivity contribution in [2.75, 3.05) is 72.0 Å². The number of amides is 1. The smallest absolute Gasteiger partial charge is 0.239 e. The largest absolute Gasteiger partial charge is 0.357 e. The molecule has 0 saturated carbocycles. The summed E-state index contributed by atoms with van der Waals surface area (Å²) in [5.74, 6) is 2.06. The third-order valence-corrected chi connectivity index (χ3v) is 6.68. The molecule has 3 saturated heterocycles. The molecular weight excluding hydrogens is 364 g/mol. The zero-order valence-corrected chi connectivity index (χ0v) is 18.9. The molecule has 166 valence electrons. The molecule has 1 N–H and O–H groups in total. The molecule has 3 fully saturated rings. The van der Waals surface area contributed by atoms with E-state index in [1.54, 1.807) is 0 Å². The van der Waals surface area contributed by atoms with E-state index in [0.29, 0.717) is 11.8 Å². The summed E-state index contributed by atoms with van der Waals surface area (Å²) in [4.78, 5) is 27.1. The summed E-state index contributed by atoms with van der Waals surface area (Å²) in [6.45, 7) is 17.6. The fourth-order valence-corrected chi connectivity index (χ4v) is 4.90. The van der Waals surface area contributed by atoms with Gasteiger partial charge in [0, 0.05) is 58.9 Å². The first-order valence-electron chi connectivity index (χ1n) is 11.9. The summed E-state index contributed by atoms with van der Waals surface area (Å²) < 4.78 is 0. The summed E-state index contributed by atoms with van der Waals surface area (Å²) in [5, 5.41) is 3.49. The van der Waals surface area contributed by atoms with Crippen LogP contribution in [0.2, 0.25) is 0 Å². The number of hydrogen-bond acceptors (Lipinski definition) is 4. The molecule has 2 atom stereocenters. The Bertz CT molecular complexity index is 539. The summed E-state index contributed by atoms with van der Waals surface area (Å²) in [5.41, 5.74) is 0. The number of hydrogen-bond donors (Lipinski definition) is 1.